The molecule has 7 aromatic rings. The number of rotatable bonds is 7. The molecule has 7 rings (SSSR count). The van der Waals surface area contributed by atoms with Gasteiger partial charge in [0.15, 0.2) is 69.8 Å². The maximum absolute atomic E-state index is 15.4. The maximum Gasteiger partial charge on any atom is 0.227 e. The van der Waals surface area contributed by atoms with Gasteiger partial charge in [-0.3, -0.25) is 4.79 Å². The minimum Gasteiger partial charge on any atom is -0.287 e. The van der Waals surface area contributed by atoms with Crippen molar-refractivity contribution in [2.75, 3.05) is 0 Å². The Morgan fingerprint density at radius 1 is 0.446 bits per heavy atom. The molecule has 0 radical (unpaired) electrons. The van der Waals surface area contributed by atoms with Crippen molar-refractivity contribution in [1.29, 1.82) is 5.26 Å². The van der Waals surface area contributed by atoms with Crippen LogP contribution in [0.3, 0.4) is 0 Å². The summed E-state index contributed by atoms with van der Waals surface area (Å²) in [5.41, 5.74) is -10.1. The SMILES string of the molecule is Fc1c(F)c(F)c([B-](c2c(F)c(F)c(F)c(F)c2F)(c2c(F)c(F)c(F)c(F)c2F)c2c(F)c(F)c(F)c(F)c2F)c(F)c1F.N#Cc1ccc(C(=O)C[n+]2csc3ccccc32)cc1. The summed E-state index contributed by atoms with van der Waals surface area (Å²) in [5.74, 6) is -71.4. The lowest BCUT2D eigenvalue weighted by molar-refractivity contribution is -0.652. The van der Waals surface area contributed by atoms with Gasteiger partial charge in [0.25, 0.3) is 0 Å². The number of Topliss-reactive ketones (excluding diaryl/α,β-unsaturated/α-hetero) is 1. The lowest BCUT2D eigenvalue weighted by Crippen LogP contribution is -2.81. The lowest BCUT2D eigenvalue weighted by Gasteiger charge is -2.44. The second kappa shape index (κ2) is 17.5. The maximum atomic E-state index is 15.4. The zero-order valence-electron chi connectivity index (χ0n) is 30.8. The van der Waals surface area contributed by atoms with Crippen molar-refractivity contribution < 1.29 is 97.2 Å². The zero-order chi connectivity index (χ0) is 48.3. The number of halogens is 20. The normalized spacial score (nSPS) is 11.5. The fourth-order valence-electron chi connectivity index (χ4n) is 6.94. The van der Waals surface area contributed by atoms with E-state index in [-0.39, 0.29) is 5.78 Å². The van der Waals surface area contributed by atoms with Crippen molar-refractivity contribution in [2.45, 2.75) is 6.54 Å². The Morgan fingerprint density at radius 3 is 1.05 bits per heavy atom. The summed E-state index contributed by atoms with van der Waals surface area (Å²) in [6.07, 6.45) is -7.22. The Balaban J connectivity index is 0.000000289. The highest BCUT2D eigenvalue weighted by atomic mass is 32.1. The van der Waals surface area contributed by atoms with E-state index in [1.165, 1.54) is 4.70 Å². The molecule has 0 amide bonds. The molecule has 336 valence electrons. The first-order chi connectivity index (χ1) is 30.5. The molecule has 0 aliphatic carbocycles. The van der Waals surface area contributed by atoms with E-state index in [1.54, 1.807) is 35.6 Å². The predicted molar refractivity (Wildman–Crippen MR) is 187 cm³/mol. The Labute approximate surface area is 351 Å². The van der Waals surface area contributed by atoms with E-state index < -0.39 is 144 Å². The van der Waals surface area contributed by atoms with Crippen LogP contribution in [0.25, 0.3) is 10.2 Å². The molecule has 6 aromatic carbocycles. The molecule has 3 nitrogen and oxygen atoms in total. The Morgan fingerprint density at radius 2 is 0.738 bits per heavy atom. The first-order valence-corrected chi connectivity index (χ1v) is 18.0. The third-order valence-corrected chi connectivity index (χ3v) is 10.8. The van der Waals surface area contributed by atoms with E-state index in [4.69, 9.17) is 5.26 Å². The molecular formula is C40H11BF20N2OS. The largest absolute Gasteiger partial charge is 0.287 e. The highest BCUT2D eigenvalue weighted by Gasteiger charge is 2.52. The van der Waals surface area contributed by atoms with Crippen LogP contribution in [0.5, 0.6) is 0 Å². The number of nitrogens with zero attached hydrogens (tertiary/aromatic N) is 2. The average Bonchev–Trinajstić information content (AvgIpc) is 3.71. The first-order valence-electron chi connectivity index (χ1n) is 17.1. The van der Waals surface area contributed by atoms with E-state index in [2.05, 4.69) is 0 Å². The molecule has 1 heterocycles. The number of fused-ring (bicyclic) bond motifs is 1. The minimum atomic E-state index is -7.22. The van der Waals surface area contributed by atoms with E-state index in [0.29, 0.717) is 17.7 Å². The van der Waals surface area contributed by atoms with E-state index >= 15 is 35.1 Å². The number of benzene rings is 6. The number of hydrogen-bond donors (Lipinski definition) is 0. The standard InChI is InChI=1S/C24BF20.C16H11N2OS/c26-5-1(6(27)14(35)21(42)13(5)34)25(2-7(28)15(36)22(43)16(37)8(2)29,3-9(30)17(38)23(44)18(39)10(3)31)4-11(32)19(40)24(45)20(41)12(4)33;17-9-12-5-7-13(8-6-12)15(19)10-18-11-20-16-4-2-1-3-14(16)18/h;1-8,11H,10H2/q-1;+1. The van der Waals surface area contributed by atoms with Crippen LogP contribution in [0.1, 0.15) is 15.9 Å². The molecule has 0 aliphatic rings. The van der Waals surface area contributed by atoms with Gasteiger partial charge in [-0.2, -0.15) is 9.83 Å². The van der Waals surface area contributed by atoms with Crippen LogP contribution in [-0.4, -0.2) is 11.9 Å². The van der Waals surface area contributed by atoms with E-state index in [9.17, 15) is 57.5 Å². The number of para-hydroxylation sites is 1. The fraction of sp³-hybridized carbons (Fsp3) is 0.0250. The van der Waals surface area contributed by atoms with Gasteiger partial charge in [-0.1, -0.05) is 23.5 Å². The number of carbonyl (C=O) groups excluding carboxylic acids is 1. The van der Waals surface area contributed by atoms with E-state index in [1.807, 2.05) is 40.4 Å². The molecule has 0 fully saturated rings. The number of thiazole rings is 1. The van der Waals surface area contributed by atoms with Crippen LogP contribution in [-0.2, 0) is 6.54 Å². The van der Waals surface area contributed by atoms with Crippen molar-refractivity contribution in [2.24, 2.45) is 0 Å². The monoisotopic (exact) mass is 958 g/mol. The average molecular weight is 958 g/mol. The summed E-state index contributed by atoms with van der Waals surface area (Å²) in [6, 6.07) is 16.8. The van der Waals surface area contributed by atoms with E-state index in [0.717, 1.165) is 5.52 Å². The summed E-state index contributed by atoms with van der Waals surface area (Å²) < 4.78 is 297. The quantitative estimate of drug-likeness (QED) is 0.0401. The Kier molecular flexibility index (Phi) is 12.8. The molecule has 0 spiro atoms. The van der Waals surface area contributed by atoms with Crippen LogP contribution < -0.4 is 26.4 Å². The number of hydrogen-bond acceptors (Lipinski definition) is 3. The third-order valence-electron chi connectivity index (χ3n) is 9.84. The van der Waals surface area contributed by atoms with Gasteiger partial charge < -0.3 is 0 Å². The van der Waals surface area contributed by atoms with Crippen LogP contribution in [0.4, 0.5) is 87.8 Å². The molecule has 0 N–H and O–H groups in total. The first kappa shape index (κ1) is 47.5. The smallest absolute Gasteiger partial charge is 0.227 e. The summed E-state index contributed by atoms with van der Waals surface area (Å²) in [5, 5.41) is 8.76. The molecular weight excluding hydrogens is 947 g/mol. The van der Waals surface area contributed by atoms with Gasteiger partial charge in [-0.05, 0) is 30.3 Å². The van der Waals surface area contributed by atoms with Gasteiger partial charge in [0, 0.05) is 11.6 Å². The van der Waals surface area contributed by atoms with Crippen LogP contribution in [0.15, 0.2) is 54.0 Å². The van der Waals surface area contributed by atoms with Crippen molar-refractivity contribution >= 4 is 55.3 Å². The highest BCUT2D eigenvalue weighted by molar-refractivity contribution is 7.20. The topological polar surface area (TPSA) is 44.7 Å². The van der Waals surface area contributed by atoms with Gasteiger partial charge in [-0.25, -0.2) is 87.8 Å². The summed E-state index contributed by atoms with van der Waals surface area (Å²) in [7, 11) is 0. The molecule has 0 atom stereocenters. The van der Waals surface area contributed by atoms with Gasteiger partial charge in [-0.15, -0.1) is 21.9 Å². The minimum absolute atomic E-state index is 0.0445. The highest BCUT2D eigenvalue weighted by Crippen LogP contribution is 2.31. The van der Waals surface area contributed by atoms with Gasteiger partial charge >= 0.3 is 0 Å². The van der Waals surface area contributed by atoms with Crippen molar-refractivity contribution in [3.63, 3.8) is 0 Å². The Hall–Kier alpha value is -6.97. The Bertz CT molecular complexity index is 2790. The van der Waals surface area contributed by atoms with Crippen LogP contribution in [0, 0.1) is 128 Å². The molecule has 0 unspecified atom stereocenters. The molecule has 0 bridgehead atoms. The van der Waals surface area contributed by atoms with Crippen LogP contribution >= 0.6 is 11.3 Å². The number of nitriles is 1. The summed E-state index contributed by atoms with van der Waals surface area (Å²) >= 11 is 1.62. The molecule has 65 heavy (non-hydrogen) atoms. The fourth-order valence-corrected chi connectivity index (χ4v) is 7.84. The van der Waals surface area contributed by atoms with Gasteiger partial charge in [0.05, 0.1) is 11.6 Å². The van der Waals surface area contributed by atoms with Crippen molar-refractivity contribution in [3.05, 3.63) is 182 Å². The predicted octanol–water partition coefficient (Wildman–Crippen LogP) is 8.79. The number of ketones is 1. The lowest BCUT2D eigenvalue weighted by atomic mass is 9.12. The number of carbonyl (C=O) groups is 1. The van der Waals surface area contributed by atoms with Crippen molar-refractivity contribution in [3.8, 4) is 6.07 Å². The molecule has 0 aliphatic heterocycles. The second-order valence-electron chi connectivity index (χ2n) is 13.2. The molecule has 25 heteroatoms. The molecule has 1 aromatic heterocycles. The molecule has 0 saturated heterocycles. The zero-order valence-corrected chi connectivity index (χ0v) is 31.6. The summed E-state index contributed by atoms with van der Waals surface area (Å²) in [4.78, 5) is 12.3. The van der Waals surface area contributed by atoms with Crippen LogP contribution in [0.2, 0.25) is 0 Å². The van der Waals surface area contributed by atoms with Crippen molar-refractivity contribution in [1.82, 2.24) is 0 Å². The molecule has 0 saturated carbocycles. The number of aromatic nitrogens is 1. The third kappa shape index (κ3) is 7.38. The summed E-state index contributed by atoms with van der Waals surface area (Å²) in [6.45, 7) is 0.315. The van der Waals surface area contributed by atoms with Gasteiger partial charge in [0.1, 0.15) is 57.4 Å². The van der Waals surface area contributed by atoms with Gasteiger partial charge in [0.2, 0.25) is 23.4 Å². The second-order valence-corrected chi connectivity index (χ2v) is 14.1.